The Morgan fingerprint density at radius 3 is 2.47 bits per heavy atom. The van der Waals surface area contributed by atoms with Gasteiger partial charge in [-0.25, -0.2) is 9.18 Å². The molecular weight excluding hydrogens is 530 g/mol. The van der Waals surface area contributed by atoms with Crippen molar-refractivity contribution in [3.63, 3.8) is 0 Å². The maximum Gasteiger partial charge on any atom is 0.326 e. The molecule has 1 aliphatic carbocycles. The van der Waals surface area contributed by atoms with E-state index >= 15 is 4.39 Å². The van der Waals surface area contributed by atoms with Gasteiger partial charge in [-0.3, -0.25) is 9.69 Å². The van der Waals surface area contributed by atoms with E-state index in [1.807, 2.05) is 12.1 Å². The summed E-state index contributed by atoms with van der Waals surface area (Å²) >= 11 is 12.5. The molecular formula is C29H33Cl2FN2O4. The first-order chi connectivity index (χ1) is 18.2. The van der Waals surface area contributed by atoms with Crippen LogP contribution in [0.4, 0.5) is 4.39 Å². The van der Waals surface area contributed by atoms with Gasteiger partial charge in [0.15, 0.2) is 0 Å². The molecule has 204 valence electrons. The molecule has 1 saturated carbocycles. The number of hydrogen-bond acceptors (Lipinski definition) is 4. The third-order valence-electron chi connectivity index (χ3n) is 8.23. The fraction of sp³-hybridized carbons (Fsp3) is 0.517. The molecule has 9 heteroatoms. The number of hydrogen-bond donors (Lipinski definition) is 1. The van der Waals surface area contributed by atoms with Gasteiger partial charge in [-0.1, -0.05) is 29.3 Å². The van der Waals surface area contributed by atoms with E-state index in [0.717, 1.165) is 49.9 Å². The molecule has 1 amide bonds. The second-order valence-electron chi connectivity index (χ2n) is 10.8. The second-order valence-corrected chi connectivity index (χ2v) is 11.6. The third-order valence-corrected chi connectivity index (χ3v) is 8.79. The van der Waals surface area contributed by atoms with Gasteiger partial charge in [-0.05, 0) is 99.7 Å². The van der Waals surface area contributed by atoms with Crippen molar-refractivity contribution in [2.24, 2.45) is 5.92 Å². The van der Waals surface area contributed by atoms with Crippen molar-refractivity contribution in [2.75, 3.05) is 26.2 Å². The average Bonchev–Trinajstić information content (AvgIpc) is 3.61. The Bertz CT molecular complexity index is 1210. The van der Waals surface area contributed by atoms with E-state index in [1.165, 1.54) is 11.0 Å². The quantitative estimate of drug-likeness (QED) is 0.395. The Kier molecular flexibility index (Phi) is 8.17. The zero-order valence-corrected chi connectivity index (χ0v) is 23.0. The van der Waals surface area contributed by atoms with Crippen molar-refractivity contribution in [1.82, 2.24) is 9.80 Å². The van der Waals surface area contributed by atoms with E-state index in [2.05, 4.69) is 11.8 Å². The number of carbonyl (C=O) groups is 2. The summed E-state index contributed by atoms with van der Waals surface area (Å²) in [7, 11) is 0. The van der Waals surface area contributed by atoms with Gasteiger partial charge in [0.1, 0.15) is 17.6 Å². The average molecular weight is 563 g/mol. The number of aliphatic carboxylic acids is 1. The Hall–Kier alpha value is -2.35. The summed E-state index contributed by atoms with van der Waals surface area (Å²) in [6, 6.07) is 7.84. The lowest BCUT2D eigenvalue weighted by Gasteiger charge is -2.36. The van der Waals surface area contributed by atoms with Gasteiger partial charge in [0.25, 0.3) is 5.91 Å². The van der Waals surface area contributed by atoms with Crippen LogP contribution in [0.1, 0.15) is 78.9 Å². The van der Waals surface area contributed by atoms with Crippen LogP contribution in [0.15, 0.2) is 30.3 Å². The predicted molar refractivity (Wildman–Crippen MR) is 145 cm³/mol. The van der Waals surface area contributed by atoms with Crippen LogP contribution in [0.5, 0.6) is 5.75 Å². The topological polar surface area (TPSA) is 70.1 Å². The molecule has 2 aromatic carbocycles. The highest BCUT2D eigenvalue weighted by Crippen LogP contribution is 2.45. The highest BCUT2D eigenvalue weighted by Gasteiger charge is 2.37. The number of piperidine rings is 1. The number of carbonyl (C=O) groups excluding carboxylic acids is 1. The first-order valence-electron chi connectivity index (χ1n) is 13.4. The van der Waals surface area contributed by atoms with Crippen molar-refractivity contribution in [3.05, 3.63) is 62.9 Å². The summed E-state index contributed by atoms with van der Waals surface area (Å²) in [5, 5.41) is 10.7. The molecule has 38 heavy (non-hydrogen) atoms. The minimum Gasteiger partial charge on any atom is -0.493 e. The standard InChI is InChI=1S/C29H33Cl2FN2O4/c1-17(21-7-6-20(30)13-24(21)31)33-11-8-18(9-12-33)16-38-27-15-25(32)23(14-22(27)19-4-5-19)28(35)34-10-2-3-26(34)29(36)37/h6-7,13-15,17-19,26H,2-5,8-12,16H2,1H3,(H,36,37). The van der Waals surface area contributed by atoms with Crippen molar-refractivity contribution < 1.29 is 23.8 Å². The smallest absolute Gasteiger partial charge is 0.326 e. The molecule has 0 spiro atoms. The van der Waals surface area contributed by atoms with Crippen LogP contribution in [0.25, 0.3) is 0 Å². The van der Waals surface area contributed by atoms with Crippen molar-refractivity contribution in [2.45, 2.75) is 63.5 Å². The molecule has 5 rings (SSSR count). The summed E-state index contributed by atoms with van der Waals surface area (Å²) < 4.78 is 21.3. The molecule has 2 aliphatic heterocycles. The van der Waals surface area contributed by atoms with E-state index in [-0.39, 0.29) is 17.5 Å². The number of carboxylic acids is 1. The van der Waals surface area contributed by atoms with E-state index in [0.29, 0.717) is 47.7 Å². The number of rotatable bonds is 8. The van der Waals surface area contributed by atoms with Crippen LogP contribution >= 0.6 is 23.2 Å². The number of carboxylic acid groups (broad SMARTS) is 1. The van der Waals surface area contributed by atoms with Crippen LogP contribution in [0, 0.1) is 11.7 Å². The van der Waals surface area contributed by atoms with Gasteiger partial charge in [0.05, 0.1) is 12.2 Å². The van der Waals surface area contributed by atoms with Crippen molar-refractivity contribution in [3.8, 4) is 5.75 Å². The maximum atomic E-state index is 15.2. The van der Waals surface area contributed by atoms with Gasteiger partial charge < -0.3 is 14.7 Å². The number of likely N-dealkylation sites (tertiary alicyclic amines) is 2. The molecule has 0 radical (unpaired) electrons. The minimum atomic E-state index is -1.05. The van der Waals surface area contributed by atoms with Gasteiger partial charge >= 0.3 is 5.97 Å². The van der Waals surface area contributed by atoms with Crippen LogP contribution < -0.4 is 4.74 Å². The maximum absolute atomic E-state index is 15.2. The van der Waals surface area contributed by atoms with Crippen molar-refractivity contribution in [1.29, 1.82) is 0 Å². The molecule has 0 bridgehead atoms. The number of halogens is 3. The second kappa shape index (κ2) is 11.4. The van der Waals surface area contributed by atoms with Crippen molar-refractivity contribution >= 4 is 35.1 Å². The summed E-state index contributed by atoms with van der Waals surface area (Å²) in [4.78, 5) is 28.3. The first kappa shape index (κ1) is 27.2. The number of amides is 1. The Morgan fingerprint density at radius 2 is 1.82 bits per heavy atom. The van der Waals surface area contributed by atoms with Gasteiger partial charge in [-0.2, -0.15) is 0 Å². The molecule has 6 nitrogen and oxygen atoms in total. The monoisotopic (exact) mass is 562 g/mol. The fourth-order valence-corrected chi connectivity index (χ4v) is 6.31. The molecule has 2 saturated heterocycles. The van der Waals surface area contributed by atoms with E-state index < -0.39 is 23.7 Å². The minimum absolute atomic E-state index is 0.0597. The lowest BCUT2D eigenvalue weighted by atomic mass is 9.95. The summed E-state index contributed by atoms with van der Waals surface area (Å²) in [6.07, 6.45) is 4.86. The highest BCUT2D eigenvalue weighted by atomic mass is 35.5. The lowest BCUT2D eigenvalue weighted by Crippen LogP contribution is -2.40. The van der Waals surface area contributed by atoms with E-state index in [1.54, 1.807) is 12.1 Å². The third kappa shape index (κ3) is 5.80. The molecule has 0 aromatic heterocycles. The van der Waals surface area contributed by atoms with Crippen LogP contribution in [0.3, 0.4) is 0 Å². The van der Waals surface area contributed by atoms with E-state index in [4.69, 9.17) is 27.9 Å². The lowest BCUT2D eigenvalue weighted by molar-refractivity contribution is -0.141. The molecule has 1 N–H and O–H groups in total. The number of benzene rings is 2. The van der Waals surface area contributed by atoms with E-state index in [9.17, 15) is 14.7 Å². The normalized spacial score (nSPS) is 21.5. The summed E-state index contributed by atoms with van der Waals surface area (Å²) in [5.74, 6) is -1.16. The van der Waals surface area contributed by atoms with Crippen LogP contribution in [-0.4, -0.2) is 59.1 Å². The number of nitrogens with zero attached hydrogens (tertiary/aromatic N) is 2. The first-order valence-corrected chi connectivity index (χ1v) is 14.2. The molecule has 3 fully saturated rings. The van der Waals surface area contributed by atoms with Crippen LogP contribution in [-0.2, 0) is 4.79 Å². The zero-order valence-electron chi connectivity index (χ0n) is 21.5. The highest BCUT2D eigenvalue weighted by molar-refractivity contribution is 6.35. The van der Waals surface area contributed by atoms with Crippen LogP contribution in [0.2, 0.25) is 10.0 Å². The molecule has 2 atom stereocenters. The summed E-state index contributed by atoms with van der Waals surface area (Å²) in [5.41, 5.74) is 1.85. The number of ether oxygens (including phenoxy) is 1. The Morgan fingerprint density at radius 1 is 1.08 bits per heavy atom. The largest absolute Gasteiger partial charge is 0.493 e. The molecule has 2 heterocycles. The fourth-order valence-electron chi connectivity index (χ4n) is 5.75. The Balaban J connectivity index is 1.22. The molecule has 2 unspecified atom stereocenters. The van der Waals surface area contributed by atoms with Gasteiger partial charge in [-0.15, -0.1) is 0 Å². The van der Waals surface area contributed by atoms with Gasteiger partial charge in [0, 0.05) is 28.7 Å². The zero-order chi connectivity index (χ0) is 27.0. The molecule has 2 aromatic rings. The summed E-state index contributed by atoms with van der Waals surface area (Å²) in [6.45, 7) is 4.79. The SMILES string of the molecule is CC(c1ccc(Cl)cc1Cl)N1CCC(COc2cc(F)c(C(=O)N3CCCC3C(=O)O)cc2C2CC2)CC1. The predicted octanol–water partition coefficient (Wildman–Crippen LogP) is 6.55. The van der Waals surface area contributed by atoms with Gasteiger partial charge in [0.2, 0.25) is 0 Å². The Labute approximate surface area is 232 Å². The molecule has 3 aliphatic rings.